The van der Waals surface area contributed by atoms with Crippen molar-refractivity contribution in [1.82, 2.24) is 10.2 Å². The van der Waals surface area contributed by atoms with E-state index >= 15 is 0 Å². The number of esters is 1. The smallest absolute Gasteiger partial charge is 0.308 e. The highest BCUT2D eigenvalue weighted by molar-refractivity contribution is 7.12. The van der Waals surface area contributed by atoms with Gasteiger partial charge in [0.2, 0.25) is 0 Å². The lowest BCUT2D eigenvalue weighted by Crippen LogP contribution is -2.39. The van der Waals surface area contributed by atoms with Gasteiger partial charge >= 0.3 is 5.97 Å². The van der Waals surface area contributed by atoms with Gasteiger partial charge in [-0.3, -0.25) is 14.4 Å². The van der Waals surface area contributed by atoms with E-state index in [4.69, 9.17) is 4.74 Å². The number of hydrogen-bond donors (Lipinski definition) is 1. The SMILES string of the molecule is CC(C)N(Cc1ccccc1)C(=O)COC(=O)CCNC(=O)c1cccs1. The molecule has 2 aromatic rings. The molecule has 144 valence electrons. The molecule has 27 heavy (non-hydrogen) atoms. The zero-order valence-corrected chi connectivity index (χ0v) is 16.3. The van der Waals surface area contributed by atoms with Crippen LogP contribution in [0.4, 0.5) is 0 Å². The van der Waals surface area contributed by atoms with E-state index in [1.165, 1.54) is 11.3 Å². The number of hydrogen-bond acceptors (Lipinski definition) is 5. The van der Waals surface area contributed by atoms with Crippen molar-refractivity contribution in [2.45, 2.75) is 32.9 Å². The Balaban J connectivity index is 1.73. The van der Waals surface area contributed by atoms with E-state index in [2.05, 4.69) is 5.32 Å². The van der Waals surface area contributed by atoms with Crippen molar-refractivity contribution < 1.29 is 19.1 Å². The van der Waals surface area contributed by atoms with Gasteiger partial charge in [-0.25, -0.2) is 0 Å². The molecule has 0 saturated carbocycles. The van der Waals surface area contributed by atoms with Crippen LogP contribution in [-0.2, 0) is 20.9 Å². The fourth-order valence-electron chi connectivity index (χ4n) is 2.41. The molecule has 2 rings (SSSR count). The van der Waals surface area contributed by atoms with Crippen LogP contribution >= 0.6 is 11.3 Å². The lowest BCUT2D eigenvalue weighted by Gasteiger charge is -2.26. The minimum absolute atomic E-state index is 0.0125. The van der Waals surface area contributed by atoms with Crippen molar-refractivity contribution >= 4 is 29.1 Å². The van der Waals surface area contributed by atoms with Gasteiger partial charge in [-0.15, -0.1) is 11.3 Å². The van der Waals surface area contributed by atoms with Gasteiger partial charge in [-0.2, -0.15) is 0 Å². The summed E-state index contributed by atoms with van der Waals surface area (Å²) in [6.45, 7) is 4.17. The Morgan fingerprint density at radius 1 is 1.11 bits per heavy atom. The van der Waals surface area contributed by atoms with E-state index in [0.29, 0.717) is 11.4 Å². The van der Waals surface area contributed by atoms with Gasteiger partial charge in [-0.05, 0) is 30.9 Å². The van der Waals surface area contributed by atoms with Crippen LogP contribution in [0, 0.1) is 0 Å². The Morgan fingerprint density at radius 3 is 2.48 bits per heavy atom. The maximum atomic E-state index is 12.4. The molecule has 0 atom stereocenters. The zero-order valence-electron chi connectivity index (χ0n) is 15.5. The Bertz CT molecular complexity index is 745. The predicted octanol–water partition coefficient (Wildman–Crippen LogP) is 2.85. The summed E-state index contributed by atoms with van der Waals surface area (Å²) in [5.74, 6) is -0.981. The van der Waals surface area contributed by atoms with E-state index < -0.39 is 5.97 Å². The molecular weight excluding hydrogens is 364 g/mol. The average Bonchev–Trinajstić information content (AvgIpc) is 3.19. The van der Waals surface area contributed by atoms with Crippen LogP contribution in [0.25, 0.3) is 0 Å². The Kier molecular flexibility index (Phi) is 8.00. The second-order valence-electron chi connectivity index (χ2n) is 6.24. The maximum absolute atomic E-state index is 12.4. The molecule has 0 aliphatic carbocycles. The summed E-state index contributed by atoms with van der Waals surface area (Å²) in [7, 11) is 0. The van der Waals surface area contributed by atoms with Crippen LogP contribution in [0.5, 0.6) is 0 Å². The van der Waals surface area contributed by atoms with E-state index in [1.54, 1.807) is 17.0 Å². The second-order valence-corrected chi connectivity index (χ2v) is 7.19. The van der Waals surface area contributed by atoms with Crippen LogP contribution < -0.4 is 5.32 Å². The van der Waals surface area contributed by atoms with E-state index in [-0.39, 0.29) is 37.4 Å². The van der Waals surface area contributed by atoms with Gasteiger partial charge in [0.1, 0.15) is 0 Å². The zero-order chi connectivity index (χ0) is 19.6. The number of rotatable bonds is 9. The summed E-state index contributed by atoms with van der Waals surface area (Å²) >= 11 is 1.33. The summed E-state index contributed by atoms with van der Waals surface area (Å²) in [4.78, 5) is 38.3. The third-order valence-corrected chi connectivity index (χ3v) is 4.72. The standard InChI is InChI=1S/C20H24N2O4S/c1-15(2)22(13-16-7-4-3-5-8-16)18(23)14-26-19(24)10-11-21-20(25)17-9-6-12-27-17/h3-9,12,15H,10-11,13-14H2,1-2H3,(H,21,25). The second kappa shape index (κ2) is 10.5. The van der Waals surface area contributed by atoms with Crippen LogP contribution in [0.2, 0.25) is 0 Å². The Hall–Kier alpha value is -2.67. The summed E-state index contributed by atoms with van der Waals surface area (Å²) in [6.07, 6.45) is 0.0186. The van der Waals surface area contributed by atoms with E-state index in [9.17, 15) is 14.4 Å². The highest BCUT2D eigenvalue weighted by Gasteiger charge is 2.19. The molecule has 0 bridgehead atoms. The Morgan fingerprint density at radius 2 is 1.85 bits per heavy atom. The number of benzene rings is 1. The van der Waals surface area contributed by atoms with Crippen LogP contribution in [0.15, 0.2) is 47.8 Å². The normalized spacial score (nSPS) is 10.5. The fourth-order valence-corrected chi connectivity index (χ4v) is 3.05. The van der Waals surface area contributed by atoms with Gasteiger partial charge in [-0.1, -0.05) is 36.4 Å². The topological polar surface area (TPSA) is 75.7 Å². The number of nitrogens with one attached hydrogen (secondary N) is 1. The molecule has 1 heterocycles. The summed E-state index contributed by atoms with van der Waals surface area (Å²) in [5.41, 5.74) is 1.02. The van der Waals surface area contributed by atoms with Gasteiger partial charge < -0.3 is 15.0 Å². The van der Waals surface area contributed by atoms with Crippen molar-refractivity contribution in [3.05, 3.63) is 58.3 Å². The lowest BCUT2D eigenvalue weighted by molar-refractivity contribution is -0.153. The molecule has 6 nitrogen and oxygen atoms in total. The monoisotopic (exact) mass is 388 g/mol. The first-order valence-electron chi connectivity index (χ1n) is 8.78. The molecule has 0 radical (unpaired) electrons. The molecule has 2 amide bonds. The number of thiophene rings is 1. The molecule has 1 aromatic carbocycles. The van der Waals surface area contributed by atoms with Crippen molar-refractivity contribution in [1.29, 1.82) is 0 Å². The molecule has 0 aliphatic heterocycles. The number of ether oxygens (including phenoxy) is 1. The van der Waals surface area contributed by atoms with Crippen LogP contribution in [0.1, 0.15) is 35.5 Å². The van der Waals surface area contributed by atoms with E-state index in [0.717, 1.165) is 5.56 Å². The molecule has 7 heteroatoms. The first kappa shape index (κ1) is 20.6. The van der Waals surface area contributed by atoms with Crippen molar-refractivity contribution in [2.24, 2.45) is 0 Å². The largest absolute Gasteiger partial charge is 0.456 e. The first-order chi connectivity index (χ1) is 13.0. The van der Waals surface area contributed by atoms with Gasteiger partial charge in [0.05, 0.1) is 11.3 Å². The van der Waals surface area contributed by atoms with Gasteiger partial charge in [0.15, 0.2) is 6.61 Å². The van der Waals surface area contributed by atoms with Crippen LogP contribution in [0.3, 0.4) is 0 Å². The summed E-state index contributed by atoms with van der Waals surface area (Å²) in [6, 6.07) is 13.1. The molecule has 0 aliphatic rings. The summed E-state index contributed by atoms with van der Waals surface area (Å²) < 4.78 is 5.07. The quantitative estimate of drug-likeness (QED) is 0.670. The predicted molar refractivity (Wildman–Crippen MR) is 104 cm³/mol. The Labute approximate surface area is 163 Å². The minimum Gasteiger partial charge on any atom is -0.456 e. The lowest BCUT2D eigenvalue weighted by atomic mass is 10.2. The summed E-state index contributed by atoms with van der Waals surface area (Å²) in [5, 5.41) is 4.46. The maximum Gasteiger partial charge on any atom is 0.308 e. The molecule has 0 spiro atoms. The number of nitrogens with zero attached hydrogens (tertiary/aromatic N) is 1. The fraction of sp³-hybridized carbons (Fsp3) is 0.350. The molecule has 1 aromatic heterocycles. The minimum atomic E-state index is -0.516. The highest BCUT2D eigenvalue weighted by atomic mass is 32.1. The van der Waals surface area contributed by atoms with Crippen molar-refractivity contribution in [3.8, 4) is 0 Å². The molecule has 0 unspecified atom stereocenters. The van der Waals surface area contributed by atoms with Crippen molar-refractivity contribution in [3.63, 3.8) is 0 Å². The van der Waals surface area contributed by atoms with Gasteiger partial charge in [0.25, 0.3) is 11.8 Å². The molecule has 0 saturated heterocycles. The molecule has 0 fully saturated rings. The number of amides is 2. The number of carbonyl (C=O) groups excluding carboxylic acids is 3. The third-order valence-electron chi connectivity index (χ3n) is 3.86. The van der Waals surface area contributed by atoms with Crippen molar-refractivity contribution in [2.75, 3.05) is 13.2 Å². The molecular formula is C20H24N2O4S. The van der Waals surface area contributed by atoms with Crippen LogP contribution in [-0.4, -0.2) is 41.9 Å². The highest BCUT2D eigenvalue weighted by Crippen LogP contribution is 2.09. The van der Waals surface area contributed by atoms with E-state index in [1.807, 2.05) is 49.6 Å². The molecule has 1 N–H and O–H groups in total. The third kappa shape index (κ3) is 6.86. The number of carbonyl (C=O) groups is 3. The average molecular weight is 388 g/mol. The van der Waals surface area contributed by atoms with Gasteiger partial charge in [0, 0.05) is 19.1 Å². The first-order valence-corrected chi connectivity index (χ1v) is 9.66.